The molecule has 0 unspecified atom stereocenters. The van der Waals surface area contributed by atoms with E-state index in [1.165, 1.54) is 6.07 Å². The molecule has 200 valence electrons. The first kappa shape index (κ1) is 25.8. The lowest BCUT2D eigenvalue weighted by molar-refractivity contribution is -0.124. The maximum absolute atomic E-state index is 14.5. The van der Waals surface area contributed by atoms with E-state index >= 15 is 0 Å². The first-order valence-corrected chi connectivity index (χ1v) is 13.3. The van der Waals surface area contributed by atoms with Gasteiger partial charge >= 0.3 is 0 Å². The van der Waals surface area contributed by atoms with Gasteiger partial charge in [0.05, 0.1) is 29.0 Å². The highest BCUT2D eigenvalue weighted by Crippen LogP contribution is 2.66. The highest BCUT2D eigenvalue weighted by atomic mass is 32.2. The van der Waals surface area contributed by atoms with Crippen molar-refractivity contribution >= 4 is 21.6 Å². The van der Waals surface area contributed by atoms with Gasteiger partial charge in [-0.15, -0.1) is 0 Å². The molecule has 0 radical (unpaired) electrons. The topological polar surface area (TPSA) is 82.6 Å². The van der Waals surface area contributed by atoms with Crippen molar-refractivity contribution in [3.05, 3.63) is 53.9 Å². The standard InChI is InChI=1S/C24H25F5N4O3S/c25-15-1-3-18(4-2-15)37(35,36)33-13-16(26)9-21(33)22(34)31-11-17-10-20(19(27)12-30-17)32-7-5-23(6-8-32)14-24(23,28)29/h1-4,10,12,16,21H,5-9,11,13-14H2,(H,31,34)/t16-,21+/m1/s1. The number of nitrogens with zero attached hydrogens (tertiary/aromatic N) is 3. The second kappa shape index (κ2) is 9.19. The van der Waals surface area contributed by atoms with E-state index in [9.17, 15) is 35.2 Å². The smallest absolute Gasteiger partial charge is 0.254 e. The molecule has 1 spiro atoms. The number of amides is 1. The van der Waals surface area contributed by atoms with Crippen LogP contribution in [0.3, 0.4) is 0 Å². The second-order valence-corrected chi connectivity index (χ2v) is 11.8. The van der Waals surface area contributed by atoms with Crippen LogP contribution in [0.2, 0.25) is 0 Å². The van der Waals surface area contributed by atoms with Gasteiger partial charge in [0.1, 0.15) is 18.0 Å². The Balaban J connectivity index is 1.25. The molecule has 7 nitrogen and oxygen atoms in total. The van der Waals surface area contributed by atoms with E-state index in [0.717, 1.165) is 34.8 Å². The average molecular weight is 545 g/mol. The van der Waals surface area contributed by atoms with Gasteiger partial charge in [0.2, 0.25) is 15.9 Å². The summed E-state index contributed by atoms with van der Waals surface area (Å²) in [5.41, 5.74) is -0.535. The number of halogens is 5. The third-order valence-corrected chi connectivity index (χ3v) is 9.42. The average Bonchev–Trinajstić information content (AvgIpc) is 3.16. The van der Waals surface area contributed by atoms with Gasteiger partial charge in [-0.2, -0.15) is 4.31 Å². The van der Waals surface area contributed by atoms with Gasteiger partial charge in [0, 0.05) is 37.9 Å². The zero-order chi connectivity index (χ0) is 26.6. The summed E-state index contributed by atoms with van der Waals surface area (Å²) in [5.74, 6) is -4.68. The SMILES string of the molecule is O=C(NCc1cc(N2CCC3(CC2)CC3(F)F)c(F)cn1)[C@@H]1C[C@@H](F)CN1S(=O)(=O)c1ccc(F)cc1. The Morgan fingerprint density at radius 1 is 1.14 bits per heavy atom. The number of hydrogen-bond acceptors (Lipinski definition) is 5. The van der Waals surface area contributed by atoms with Gasteiger partial charge in [-0.3, -0.25) is 9.78 Å². The number of nitrogens with one attached hydrogen (secondary N) is 1. The summed E-state index contributed by atoms with van der Waals surface area (Å²) in [6.07, 6.45) is -0.586. The molecule has 5 rings (SSSR count). The summed E-state index contributed by atoms with van der Waals surface area (Å²) >= 11 is 0. The Labute approximate surface area is 210 Å². The molecule has 1 N–H and O–H groups in total. The number of carbonyl (C=O) groups excluding carboxylic acids is 1. The van der Waals surface area contributed by atoms with Crippen LogP contribution in [0.25, 0.3) is 0 Å². The van der Waals surface area contributed by atoms with E-state index in [1.807, 2.05) is 0 Å². The number of hydrogen-bond donors (Lipinski definition) is 1. The summed E-state index contributed by atoms with van der Waals surface area (Å²) in [6.45, 7) is -0.178. The van der Waals surface area contributed by atoms with Crippen LogP contribution in [0.1, 0.15) is 31.4 Å². The fraction of sp³-hybridized carbons (Fsp3) is 0.500. The van der Waals surface area contributed by atoms with Crippen LogP contribution in [0.15, 0.2) is 41.4 Å². The number of pyridine rings is 1. The Hall–Kier alpha value is -2.80. The summed E-state index contributed by atoms with van der Waals surface area (Å²) in [4.78, 5) is 18.2. The van der Waals surface area contributed by atoms with Gasteiger partial charge in [0.25, 0.3) is 5.92 Å². The predicted molar refractivity (Wildman–Crippen MR) is 123 cm³/mol. The van der Waals surface area contributed by atoms with Crippen LogP contribution in [-0.2, 0) is 21.4 Å². The third-order valence-electron chi connectivity index (χ3n) is 7.54. The Morgan fingerprint density at radius 2 is 1.78 bits per heavy atom. The molecule has 2 atom stereocenters. The summed E-state index contributed by atoms with van der Waals surface area (Å²) in [7, 11) is -4.26. The molecule has 3 heterocycles. The second-order valence-electron chi connectivity index (χ2n) is 9.87. The largest absolute Gasteiger partial charge is 0.369 e. The Morgan fingerprint density at radius 3 is 2.41 bits per heavy atom. The van der Waals surface area contributed by atoms with Gasteiger partial charge in [-0.1, -0.05) is 0 Å². The van der Waals surface area contributed by atoms with Crippen molar-refractivity contribution in [2.24, 2.45) is 5.41 Å². The van der Waals surface area contributed by atoms with Crippen molar-refractivity contribution in [2.45, 2.75) is 55.3 Å². The molecule has 3 fully saturated rings. The number of anilines is 1. The van der Waals surface area contributed by atoms with Gasteiger partial charge in [-0.05, 0) is 43.2 Å². The molecule has 2 saturated heterocycles. The Kier molecular flexibility index (Phi) is 6.42. The fourth-order valence-electron chi connectivity index (χ4n) is 5.21. The lowest BCUT2D eigenvalue weighted by atomic mass is 9.92. The van der Waals surface area contributed by atoms with Crippen molar-refractivity contribution in [2.75, 3.05) is 24.5 Å². The van der Waals surface area contributed by atoms with Crippen molar-refractivity contribution in [1.82, 2.24) is 14.6 Å². The number of piperidine rings is 1. The minimum absolute atomic E-state index is 0.140. The van der Waals surface area contributed by atoms with Crippen molar-refractivity contribution in [1.29, 1.82) is 0 Å². The molecular weight excluding hydrogens is 519 g/mol. The monoisotopic (exact) mass is 544 g/mol. The van der Waals surface area contributed by atoms with E-state index in [2.05, 4.69) is 10.3 Å². The summed E-state index contributed by atoms with van der Waals surface area (Å²) in [6, 6.07) is 4.09. The van der Waals surface area contributed by atoms with Gasteiger partial charge < -0.3 is 10.2 Å². The maximum Gasteiger partial charge on any atom is 0.254 e. The number of benzene rings is 1. The Bertz CT molecular complexity index is 1300. The number of carbonyl (C=O) groups is 1. The van der Waals surface area contributed by atoms with Crippen molar-refractivity contribution in [3.63, 3.8) is 0 Å². The van der Waals surface area contributed by atoms with Crippen molar-refractivity contribution in [3.8, 4) is 0 Å². The lowest BCUT2D eigenvalue weighted by Crippen LogP contribution is -2.45. The predicted octanol–water partition coefficient (Wildman–Crippen LogP) is 3.40. The highest BCUT2D eigenvalue weighted by molar-refractivity contribution is 7.89. The minimum Gasteiger partial charge on any atom is -0.369 e. The fourth-order valence-corrected chi connectivity index (χ4v) is 6.83. The summed E-state index contributed by atoms with van der Waals surface area (Å²) < 4.78 is 96.0. The number of alkyl halides is 3. The molecule has 37 heavy (non-hydrogen) atoms. The van der Waals surface area contributed by atoms with Crippen LogP contribution in [0.5, 0.6) is 0 Å². The number of rotatable bonds is 6. The molecule has 2 aliphatic heterocycles. The molecule has 1 aromatic carbocycles. The van der Waals surface area contributed by atoms with Gasteiger partial charge in [-0.25, -0.2) is 30.4 Å². The quantitative estimate of drug-likeness (QED) is 0.564. The van der Waals surface area contributed by atoms with Crippen LogP contribution in [0.4, 0.5) is 27.6 Å². The third kappa shape index (κ3) is 4.78. The molecule has 2 aromatic rings. The van der Waals surface area contributed by atoms with Crippen LogP contribution >= 0.6 is 0 Å². The first-order valence-electron chi connectivity index (χ1n) is 11.9. The zero-order valence-electron chi connectivity index (χ0n) is 19.6. The maximum atomic E-state index is 14.5. The zero-order valence-corrected chi connectivity index (χ0v) is 20.5. The first-order chi connectivity index (χ1) is 17.4. The van der Waals surface area contributed by atoms with E-state index < -0.39 is 57.7 Å². The van der Waals surface area contributed by atoms with Crippen LogP contribution < -0.4 is 10.2 Å². The molecule has 1 amide bonds. The van der Waals surface area contributed by atoms with E-state index in [1.54, 1.807) is 4.90 Å². The van der Waals surface area contributed by atoms with Gasteiger partial charge in [0.15, 0.2) is 5.82 Å². The van der Waals surface area contributed by atoms with E-state index in [0.29, 0.717) is 0 Å². The molecule has 1 saturated carbocycles. The lowest BCUT2D eigenvalue weighted by Gasteiger charge is -2.34. The normalized spacial score (nSPS) is 24.8. The molecule has 1 aliphatic carbocycles. The minimum atomic E-state index is -4.26. The highest BCUT2D eigenvalue weighted by Gasteiger charge is 2.70. The van der Waals surface area contributed by atoms with E-state index in [-0.39, 0.29) is 61.6 Å². The van der Waals surface area contributed by atoms with E-state index in [4.69, 9.17) is 0 Å². The molecule has 13 heteroatoms. The van der Waals surface area contributed by atoms with Crippen molar-refractivity contribution < 1.29 is 35.2 Å². The van der Waals surface area contributed by atoms with Crippen LogP contribution in [0, 0.1) is 17.0 Å². The number of sulfonamides is 1. The van der Waals surface area contributed by atoms with Crippen LogP contribution in [-0.4, -0.2) is 61.4 Å². The number of aromatic nitrogens is 1. The molecule has 0 bridgehead atoms. The molecule has 3 aliphatic rings. The molecule has 1 aromatic heterocycles. The molecular formula is C24H25F5N4O3S. The summed E-state index contributed by atoms with van der Waals surface area (Å²) in [5, 5.41) is 2.53.